The van der Waals surface area contributed by atoms with Gasteiger partial charge >= 0.3 is 5.97 Å². The lowest BCUT2D eigenvalue weighted by Gasteiger charge is -2.17. The van der Waals surface area contributed by atoms with E-state index in [-0.39, 0.29) is 18.9 Å². The molecule has 0 bridgehead atoms. The fourth-order valence-electron chi connectivity index (χ4n) is 2.99. The zero-order chi connectivity index (χ0) is 20.8. The second-order valence-electron chi connectivity index (χ2n) is 6.50. The standard InChI is InChI=1S/C21H21ClN2O5/c1-2-28-18-9-7-17(8-10-18)24-12-14(11-20(24)26)21(27)29-13-19(25)23-16-5-3-15(22)4-6-16/h3-10,14H,2,11-13H2,1H3,(H,23,25). The van der Waals surface area contributed by atoms with Crippen LogP contribution in [0.25, 0.3) is 0 Å². The number of halogens is 1. The van der Waals surface area contributed by atoms with E-state index in [0.717, 1.165) is 0 Å². The van der Waals surface area contributed by atoms with Gasteiger partial charge in [0.2, 0.25) is 5.91 Å². The average Bonchev–Trinajstić information content (AvgIpc) is 3.10. The molecule has 29 heavy (non-hydrogen) atoms. The first kappa shape index (κ1) is 20.7. The van der Waals surface area contributed by atoms with E-state index < -0.39 is 24.4 Å². The summed E-state index contributed by atoms with van der Waals surface area (Å²) in [7, 11) is 0. The fraction of sp³-hybridized carbons (Fsp3) is 0.286. The van der Waals surface area contributed by atoms with Gasteiger partial charge in [0.15, 0.2) is 6.61 Å². The van der Waals surface area contributed by atoms with Crippen molar-refractivity contribution in [3.05, 3.63) is 53.6 Å². The molecule has 1 aliphatic heterocycles. The van der Waals surface area contributed by atoms with Crippen molar-refractivity contribution in [3.8, 4) is 5.75 Å². The van der Waals surface area contributed by atoms with E-state index in [2.05, 4.69) is 5.32 Å². The van der Waals surface area contributed by atoms with Crippen LogP contribution >= 0.6 is 11.6 Å². The smallest absolute Gasteiger partial charge is 0.311 e. The quantitative estimate of drug-likeness (QED) is 0.700. The summed E-state index contributed by atoms with van der Waals surface area (Å²) >= 11 is 5.79. The molecule has 2 aromatic rings. The summed E-state index contributed by atoms with van der Waals surface area (Å²) < 4.78 is 10.5. The molecule has 0 radical (unpaired) electrons. The van der Waals surface area contributed by atoms with E-state index in [1.165, 1.54) is 4.90 Å². The van der Waals surface area contributed by atoms with Crippen molar-refractivity contribution < 1.29 is 23.9 Å². The van der Waals surface area contributed by atoms with Crippen molar-refractivity contribution in [2.75, 3.05) is 30.0 Å². The highest BCUT2D eigenvalue weighted by molar-refractivity contribution is 6.30. The number of anilines is 2. The van der Waals surface area contributed by atoms with E-state index >= 15 is 0 Å². The molecule has 1 heterocycles. The van der Waals surface area contributed by atoms with Gasteiger partial charge < -0.3 is 19.7 Å². The Morgan fingerprint density at radius 1 is 1.14 bits per heavy atom. The van der Waals surface area contributed by atoms with Crippen LogP contribution in [0.4, 0.5) is 11.4 Å². The molecular weight excluding hydrogens is 396 g/mol. The number of amides is 2. The maximum absolute atomic E-state index is 12.3. The summed E-state index contributed by atoms with van der Waals surface area (Å²) in [5, 5.41) is 3.16. The predicted molar refractivity (Wildman–Crippen MR) is 109 cm³/mol. The SMILES string of the molecule is CCOc1ccc(N2CC(C(=O)OCC(=O)Nc3ccc(Cl)cc3)CC2=O)cc1. The number of hydrogen-bond donors (Lipinski definition) is 1. The zero-order valence-electron chi connectivity index (χ0n) is 15.9. The Kier molecular flexibility index (Phi) is 6.72. The lowest BCUT2D eigenvalue weighted by Crippen LogP contribution is -2.28. The number of ether oxygens (including phenoxy) is 2. The Morgan fingerprint density at radius 2 is 1.83 bits per heavy atom. The Balaban J connectivity index is 1.50. The predicted octanol–water partition coefficient (Wildman–Crippen LogP) is 3.27. The minimum atomic E-state index is -0.614. The van der Waals surface area contributed by atoms with Crippen LogP contribution in [0.2, 0.25) is 5.02 Å². The van der Waals surface area contributed by atoms with Gasteiger partial charge in [-0.1, -0.05) is 11.6 Å². The minimum Gasteiger partial charge on any atom is -0.494 e. The monoisotopic (exact) mass is 416 g/mol. The number of carbonyl (C=O) groups is 3. The van der Waals surface area contributed by atoms with Gasteiger partial charge in [0.25, 0.3) is 5.91 Å². The highest BCUT2D eigenvalue weighted by atomic mass is 35.5. The highest BCUT2D eigenvalue weighted by Gasteiger charge is 2.36. The Morgan fingerprint density at radius 3 is 2.48 bits per heavy atom. The second kappa shape index (κ2) is 9.43. The Bertz CT molecular complexity index is 883. The molecule has 1 unspecified atom stereocenters. The summed E-state index contributed by atoms with van der Waals surface area (Å²) in [5.41, 5.74) is 1.24. The van der Waals surface area contributed by atoms with Crippen LogP contribution in [0.5, 0.6) is 5.75 Å². The third-order valence-electron chi connectivity index (χ3n) is 4.39. The van der Waals surface area contributed by atoms with Crippen LogP contribution in [-0.4, -0.2) is 37.5 Å². The summed E-state index contributed by atoms with van der Waals surface area (Å²) in [4.78, 5) is 38.1. The molecule has 3 rings (SSSR count). The normalized spacial score (nSPS) is 15.9. The summed E-state index contributed by atoms with van der Waals surface area (Å²) in [5.74, 6) is -1.10. The molecule has 0 aromatic heterocycles. The van der Waals surface area contributed by atoms with Crippen molar-refractivity contribution in [1.82, 2.24) is 0 Å². The van der Waals surface area contributed by atoms with Gasteiger partial charge in [-0.2, -0.15) is 0 Å². The van der Waals surface area contributed by atoms with Crippen LogP contribution in [0, 0.1) is 5.92 Å². The number of benzene rings is 2. The van der Waals surface area contributed by atoms with Gasteiger partial charge in [0, 0.05) is 29.4 Å². The van der Waals surface area contributed by atoms with Crippen LogP contribution in [-0.2, 0) is 19.1 Å². The van der Waals surface area contributed by atoms with Crippen LogP contribution in [0.15, 0.2) is 48.5 Å². The van der Waals surface area contributed by atoms with Gasteiger partial charge in [-0.25, -0.2) is 0 Å². The number of carbonyl (C=O) groups excluding carboxylic acids is 3. The first-order valence-corrected chi connectivity index (χ1v) is 9.59. The average molecular weight is 417 g/mol. The molecule has 1 aliphatic rings. The van der Waals surface area contributed by atoms with E-state index in [4.69, 9.17) is 21.1 Å². The maximum atomic E-state index is 12.3. The molecule has 7 nitrogen and oxygen atoms in total. The summed E-state index contributed by atoms with van der Waals surface area (Å²) in [6.45, 7) is 2.24. The zero-order valence-corrected chi connectivity index (χ0v) is 16.6. The number of nitrogens with zero attached hydrogens (tertiary/aromatic N) is 1. The van der Waals surface area contributed by atoms with Gasteiger partial charge in [-0.05, 0) is 55.5 Å². The molecule has 1 saturated heterocycles. The van der Waals surface area contributed by atoms with Gasteiger partial charge in [-0.15, -0.1) is 0 Å². The van der Waals surface area contributed by atoms with Crippen LogP contribution < -0.4 is 15.0 Å². The lowest BCUT2D eigenvalue weighted by atomic mass is 10.1. The van der Waals surface area contributed by atoms with Crippen molar-refractivity contribution in [1.29, 1.82) is 0 Å². The molecule has 152 valence electrons. The molecule has 0 aliphatic carbocycles. The van der Waals surface area contributed by atoms with E-state index in [9.17, 15) is 14.4 Å². The van der Waals surface area contributed by atoms with E-state index in [1.54, 1.807) is 48.5 Å². The molecule has 8 heteroatoms. The number of esters is 1. The summed E-state index contributed by atoms with van der Waals surface area (Å²) in [6, 6.07) is 13.7. The van der Waals surface area contributed by atoms with Crippen molar-refractivity contribution >= 4 is 40.8 Å². The number of nitrogens with one attached hydrogen (secondary N) is 1. The van der Waals surface area contributed by atoms with E-state index in [1.807, 2.05) is 6.92 Å². The maximum Gasteiger partial charge on any atom is 0.311 e. The Hall–Kier alpha value is -3.06. The third kappa shape index (κ3) is 5.48. The lowest BCUT2D eigenvalue weighted by molar-refractivity contribution is -0.151. The minimum absolute atomic E-state index is 0.0465. The van der Waals surface area contributed by atoms with Gasteiger partial charge in [0.05, 0.1) is 12.5 Å². The second-order valence-corrected chi connectivity index (χ2v) is 6.93. The van der Waals surface area contributed by atoms with Crippen molar-refractivity contribution in [3.63, 3.8) is 0 Å². The molecule has 0 saturated carbocycles. The van der Waals surface area contributed by atoms with E-state index in [0.29, 0.717) is 28.8 Å². The summed E-state index contributed by atoms with van der Waals surface area (Å²) in [6.07, 6.45) is 0.0465. The van der Waals surface area contributed by atoms with Gasteiger partial charge in [-0.3, -0.25) is 14.4 Å². The topological polar surface area (TPSA) is 84.9 Å². The number of rotatable bonds is 7. The molecule has 0 spiro atoms. The molecular formula is C21H21ClN2O5. The van der Waals surface area contributed by atoms with Crippen molar-refractivity contribution in [2.45, 2.75) is 13.3 Å². The molecule has 2 amide bonds. The Labute approximate surface area is 173 Å². The molecule has 1 atom stereocenters. The highest BCUT2D eigenvalue weighted by Crippen LogP contribution is 2.27. The molecule has 1 N–H and O–H groups in total. The van der Waals surface area contributed by atoms with Crippen LogP contribution in [0.3, 0.4) is 0 Å². The van der Waals surface area contributed by atoms with Crippen LogP contribution in [0.1, 0.15) is 13.3 Å². The number of hydrogen-bond acceptors (Lipinski definition) is 5. The molecule has 2 aromatic carbocycles. The largest absolute Gasteiger partial charge is 0.494 e. The fourth-order valence-corrected chi connectivity index (χ4v) is 3.11. The molecule has 1 fully saturated rings. The third-order valence-corrected chi connectivity index (χ3v) is 4.64. The first-order chi connectivity index (χ1) is 14.0. The first-order valence-electron chi connectivity index (χ1n) is 9.21. The van der Waals surface area contributed by atoms with Gasteiger partial charge in [0.1, 0.15) is 5.75 Å². The van der Waals surface area contributed by atoms with Crippen molar-refractivity contribution in [2.24, 2.45) is 5.92 Å².